The highest BCUT2D eigenvalue weighted by atomic mass is 127. The Morgan fingerprint density at radius 2 is 2.04 bits per heavy atom. The third kappa shape index (κ3) is 11.2. The molecule has 0 heterocycles. The lowest BCUT2D eigenvalue weighted by Crippen LogP contribution is -2.40. The van der Waals surface area contributed by atoms with E-state index in [-0.39, 0.29) is 24.0 Å². The van der Waals surface area contributed by atoms with Crippen molar-refractivity contribution in [1.82, 2.24) is 15.5 Å². The number of ether oxygens (including phenoxy) is 2. The van der Waals surface area contributed by atoms with E-state index < -0.39 is 0 Å². The number of nitrogens with zero attached hydrogens (tertiary/aromatic N) is 2. The van der Waals surface area contributed by atoms with Crippen molar-refractivity contribution in [2.45, 2.75) is 19.9 Å². The zero-order valence-electron chi connectivity index (χ0n) is 15.9. The maximum absolute atomic E-state index is 5.52. The molecule has 0 fully saturated rings. The highest BCUT2D eigenvalue weighted by Crippen LogP contribution is 2.12. The van der Waals surface area contributed by atoms with E-state index in [1.54, 1.807) is 14.2 Å². The van der Waals surface area contributed by atoms with Crippen LogP contribution in [0.1, 0.15) is 18.9 Å². The minimum Gasteiger partial charge on any atom is -0.494 e. The Bertz CT molecular complexity index is 486. The third-order valence-corrected chi connectivity index (χ3v) is 3.57. The molecular weight excluding hydrogens is 431 g/mol. The number of nitrogens with one attached hydrogen (secondary N) is 2. The Morgan fingerprint density at radius 1 is 1.24 bits per heavy atom. The molecule has 0 atom stereocenters. The van der Waals surface area contributed by atoms with Crippen LogP contribution in [0.2, 0.25) is 0 Å². The lowest BCUT2D eigenvalue weighted by molar-refractivity contribution is 0.180. The largest absolute Gasteiger partial charge is 0.494 e. The summed E-state index contributed by atoms with van der Waals surface area (Å²) in [6, 6.07) is 8.10. The molecule has 0 spiro atoms. The Labute approximate surface area is 169 Å². The Hall–Kier alpha value is -1.06. The number of hydrogen-bond donors (Lipinski definition) is 2. The highest BCUT2D eigenvalue weighted by molar-refractivity contribution is 14.0. The van der Waals surface area contributed by atoms with Gasteiger partial charge in [0, 0.05) is 46.9 Å². The van der Waals surface area contributed by atoms with Gasteiger partial charge < -0.3 is 25.0 Å². The summed E-state index contributed by atoms with van der Waals surface area (Å²) in [5.41, 5.74) is 1.17. The predicted octanol–water partition coefficient (Wildman–Crippen LogP) is 2.34. The van der Waals surface area contributed by atoms with Gasteiger partial charge >= 0.3 is 0 Å². The number of benzene rings is 1. The number of likely N-dealkylation sites (N-methyl/N-ethyl adjacent to an activating group) is 1. The molecule has 0 aliphatic heterocycles. The molecule has 1 aromatic rings. The van der Waals surface area contributed by atoms with Crippen LogP contribution in [0.15, 0.2) is 29.3 Å². The second kappa shape index (κ2) is 15.2. The standard InChI is InChI=1S/C18H32N4O2.HI/c1-5-24-17-9-6-8-16(14-17)15-21-18(19-2)20-10-12-22(3)11-7-13-23-4;/h6,8-9,14H,5,7,10-13,15H2,1-4H3,(H2,19,20,21);1H. The summed E-state index contributed by atoms with van der Waals surface area (Å²) in [4.78, 5) is 6.54. The maximum Gasteiger partial charge on any atom is 0.191 e. The van der Waals surface area contributed by atoms with Gasteiger partial charge in [0.05, 0.1) is 6.61 Å². The second-order valence-electron chi connectivity index (χ2n) is 5.58. The zero-order valence-corrected chi connectivity index (χ0v) is 18.2. The maximum atomic E-state index is 5.52. The number of methoxy groups -OCH3 is 1. The van der Waals surface area contributed by atoms with Crippen LogP contribution in [-0.2, 0) is 11.3 Å². The van der Waals surface area contributed by atoms with Gasteiger partial charge in [0.2, 0.25) is 0 Å². The van der Waals surface area contributed by atoms with Crippen molar-refractivity contribution in [3.63, 3.8) is 0 Å². The Kier molecular flexibility index (Phi) is 14.6. The normalized spacial score (nSPS) is 11.2. The average molecular weight is 464 g/mol. The fourth-order valence-electron chi connectivity index (χ4n) is 2.27. The summed E-state index contributed by atoms with van der Waals surface area (Å²) >= 11 is 0. The molecule has 1 rings (SSSR count). The van der Waals surface area contributed by atoms with Gasteiger partial charge in [-0.15, -0.1) is 24.0 Å². The van der Waals surface area contributed by atoms with Crippen LogP contribution in [0.4, 0.5) is 0 Å². The van der Waals surface area contributed by atoms with Crippen LogP contribution in [0.5, 0.6) is 5.75 Å². The molecule has 0 radical (unpaired) electrons. The minimum atomic E-state index is 0. The number of guanidine groups is 1. The van der Waals surface area contributed by atoms with Gasteiger partial charge in [0.1, 0.15) is 5.75 Å². The van der Waals surface area contributed by atoms with E-state index in [1.807, 2.05) is 25.1 Å². The van der Waals surface area contributed by atoms with Crippen LogP contribution >= 0.6 is 24.0 Å². The average Bonchev–Trinajstić information content (AvgIpc) is 2.59. The molecule has 0 aromatic heterocycles. The van der Waals surface area contributed by atoms with Crippen molar-refractivity contribution in [3.8, 4) is 5.75 Å². The van der Waals surface area contributed by atoms with Crippen LogP contribution in [0, 0.1) is 0 Å². The van der Waals surface area contributed by atoms with E-state index in [9.17, 15) is 0 Å². The summed E-state index contributed by atoms with van der Waals surface area (Å²) < 4.78 is 10.6. The molecule has 0 unspecified atom stereocenters. The van der Waals surface area contributed by atoms with Crippen molar-refractivity contribution in [1.29, 1.82) is 0 Å². The molecule has 0 saturated carbocycles. The Morgan fingerprint density at radius 3 is 2.72 bits per heavy atom. The van der Waals surface area contributed by atoms with Crippen molar-refractivity contribution in [3.05, 3.63) is 29.8 Å². The molecular formula is C18H33IN4O2. The molecule has 0 saturated heterocycles. The topological polar surface area (TPSA) is 58.1 Å². The van der Waals surface area contributed by atoms with E-state index in [0.29, 0.717) is 13.2 Å². The first-order valence-electron chi connectivity index (χ1n) is 8.53. The summed E-state index contributed by atoms with van der Waals surface area (Å²) in [6.07, 6.45) is 1.05. The van der Waals surface area contributed by atoms with Crippen molar-refractivity contribution >= 4 is 29.9 Å². The molecule has 0 bridgehead atoms. The van der Waals surface area contributed by atoms with Crippen molar-refractivity contribution < 1.29 is 9.47 Å². The summed E-state index contributed by atoms with van der Waals surface area (Å²) in [5, 5.41) is 6.66. The van der Waals surface area contributed by atoms with Gasteiger partial charge in [-0.25, -0.2) is 0 Å². The molecule has 7 heteroatoms. The Balaban J connectivity index is 0.00000576. The first kappa shape index (κ1) is 23.9. The van der Waals surface area contributed by atoms with Crippen LogP contribution in [0.25, 0.3) is 0 Å². The van der Waals surface area contributed by atoms with Gasteiger partial charge in [0.15, 0.2) is 5.96 Å². The predicted molar refractivity (Wildman–Crippen MR) is 115 cm³/mol. The van der Waals surface area contributed by atoms with Crippen molar-refractivity contribution in [2.75, 3.05) is 54.1 Å². The molecule has 2 N–H and O–H groups in total. The molecule has 1 aromatic carbocycles. The van der Waals surface area contributed by atoms with Gasteiger partial charge in [-0.2, -0.15) is 0 Å². The van der Waals surface area contributed by atoms with E-state index in [2.05, 4.69) is 33.6 Å². The number of aliphatic imine (C=N–C) groups is 1. The SMILES string of the molecule is CCOc1cccc(CNC(=NC)NCCN(C)CCCOC)c1.I. The molecule has 0 aliphatic rings. The quantitative estimate of drug-likeness (QED) is 0.228. The van der Waals surface area contributed by atoms with Gasteiger partial charge in [-0.1, -0.05) is 12.1 Å². The van der Waals surface area contributed by atoms with Crippen LogP contribution < -0.4 is 15.4 Å². The summed E-state index contributed by atoms with van der Waals surface area (Å²) in [7, 11) is 5.64. The van der Waals surface area contributed by atoms with E-state index in [0.717, 1.165) is 44.4 Å². The summed E-state index contributed by atoms with van der Waals surface area (Å²) in [6.45, 7) is 7.03. The van der Waals surface area contributed by atoms with E-state index in [1.165, 1.54) is 5.56 Å². The number of rotatable bonds is 11. The van der Waals surface area contributed by atoms with E-state index in [4.69, 9.17) is 9.47 Å². The number of halogens is 1. The minimum absolute atomic E-state index is 0. The highest BCUT2D eigenvalue weighted by Gasteiger charge is 2.02. The second-order valence-corrected chi connectivity index (χ2v) is 5.58. The molecule has 0 aliphatic carbocycles. The monoisotopic (exact) mass is 464 g/mol. The fraction of sp³-hybridized carbons (Fsp3) is 0.611. The lowest BCUT2D eigenvalue weighted by Gasteiger charge is -2.18. The first-order chi connectivity index (χ1) is 11.7. The summed E-state index contributed by atoms with van der Waals surface area (Å²) in [5.74, 6) is 1.71. The third-order valence-electron chi connectivity index (χ3n) is 3.57. The lowest BCUT2D eigenvalue weighted by atomic mass is 10.2. The first-order valence-corrected chi connectivity index (χ1v) is 8.53. The van der Waals surface area contributed by atoms with E-state index >= 15 is 0 Å². The smallest absolute Gasteiger partial charge is 0.191 e. The molecule has 144 valence electrons. The zero-order chi connectivity index (χ0) is 17.6. The van der Waals surface area contributed by atoms with Crippen molar-refractivity contribution in [2.24, 2.45) is 4.99 Å². The molecule has 0 amide bonds. The fourth-order valence-corrected chi connectivity index (χ4v) is 2.27. The van der Waals surface area contributed by atoms with Crippen LogP contribution in [0.3, 0.4) is 0 Å². The number of hydrogen-bond acceptors (Lipinski definition) is 4. The molecule has 6 nitrogen and oxygen atoms in total. The van der Waals surface area contributed by atoms with Crippen LogP contribution in [-0.4, -0.2) is 64.9 Å². The van der Waals surface area contributed by atoms with Gasteiger partial charge in [-0.3, -0.25) is 4.99 Å². The molecule has 25 heavy (non-hydrogen) atoms. The van der Waals surface area contributed by atoms with Gasteiger partial charge in [-0.05, 0) is 38.1 Å². The van der Waals surface area contributed by atoms with Gasteiger partial charge in [0.25, 0.3) is 0 Å².